The Hall–Kier alpha value is -4.13. The number of nitrogens with one attached hydrogen (secondary N) is 2. The maximum Gasteiger partial charge on any atom is 0.408 e. The zero-order valence-electron chi connectivity index (χ0n) is 22.9. The van der Waals surface area contributed by atoms with Gasteiger partial charge in [0.1, 0.15) is 17.7 Å². The Morgan fingerprint density at radius 2 is 1.63 bits per heavy atom. The third-order valence-electron chi connectivity index (χ3n) is 6.07. The predicted molar refractivity (Wildman–Crippen MR) is 153 cm³/mol. The van der Waals surface area contributed by atoms with Crippen LogP contribution in [0, 0.1) is 5.92 Å². The molecule has 0 radical (unpaired) electrons. The molecule has 7 nitrogen and oxygen atoms in total. The summed E-state index contributed by atoms with van der Waals surface area (Å²) in [6, 6.07) is 19.0. The number of ether oxygens (including phenoxy) is 1. The molecule has 0 aromatic heterocycles. The van der Waals surface area contributed by atoms with Crippen LogP contribution in [0.15, 0.2) is 73.3 Å². The van der Waals surface area contributed by atoms with E-state index in [1.54, 1.807) is 40.0 Å². The van der Waals surface area contributed by atoms with Gasteiger partial charge >= 0.3 is 6.09 Å². The molecule has 0 heterocycles. The number of alkyl carbamates (subject to hydrolysis) is 1. The van der Waals surface area contributed by atoms with E-state index < -0.39 is 29.7 Å². The molecule has 2 atom stereocenters. The first-order chi connectivity index (χ1) is 17.9. The van der Waals surface area contributed by atoms with Crippen molar-refractivity contribution in [3.63, 3.8) is 0 Å². The molecule has 0 saturated heterocycles. The summed E-state index contributed by atoms with van der Waals surface area (Å²) in [5, 5.41) is 7.71. The van der Waals surface area contributed by atoms with Gasteiger partial charge in [-0.05, 0) is 66.8 Å². The molecule has 3 aromatic rings. The van der Waals surface area contributed by atoms with Crippen LogP contribution >= 0.6 is 0 Å². The van der Waals surface area contributed by atoms with Crippen LogP contribution in [0.2, 0.25) is 0 Å². The van der Waals surface area contributed by atoms with Crippen LogP contribution in [-0.2, 0) is 14.3 Å². The van der Waals surface area contributed by atoms with E-state index in [1.165, 1.54) is 4.90 Å². The minimum atomic E-state index is -0.962. The number of anilines is 1. The lowest BCUT2D eigenvalue weighted by atomic mass is 9.98. The minimum absolute atomic E-state index is 0.249. The van der Waals surface area contributed by atoms with Crippen molar-refractivity contribution < 1.29 is 19.1 Å². The molecule has 0 spiro atoms. The quantitative estimate of drug-likeness (QED) is 0.376. The molecule has 0 fully saturated rings. The van der Waals surface area contributed by atoms with Crippen molar-refractivity contribution in [2.45, 2.75) is 52.3 Å². The maximum absolute atomic E-state index is 13.8. The van der Waals surface area contributed by atoms with Crippen LogP contribution in [0.25, 0.3) is 16.8 Å². The molecule has 0 aliphatic carbocycles. The number of carbonyl (C=O) groups excluding carboxylic acids is 3. The average Bonchev–Trinajstić information content (AvgIpc) is 2.85. The van der Waals surface area contributed by atoms with Crippen LogP contribution < -0.4 is 10.6 Å². The van der Waals surface area contributed by atoms with Gasteiger partial charge in [-0.2, -0.15) is 0 Å². The van der Waals surface area contributed by atoms with Crippen molar-refractivity contribution in [1.82, 2.24) is 10.2 Å². The van der Waals surface area contributed by atoms with Gasteiger partial charge in [0.25, 0.3) is 5.91 Å². The first-order valence-corrected chi connectivity index (χ1v) is 12.7. The van der Waals surface area contributed by atoms with E-state index in [4.69, 9.17) is 4.74 Å². The van der Waals surface area contributed by atoms with Gasteiger partial charge in [-0.15, -0.1) is 0 Å². The van der Waals surface area contributed by atoms with E-state index in [0.717, 1.165) is 16.3 Å². The number of nitrogens with zero attached hydrogens (tertiary/aromatic N) is 1. The van der Waals surface area contributed by atoms with Crippen molar-refractivity contribution in [2.24, 2.45) is 5.92 Å². The number of hydrogen-bond acceptors (Lipinski definition) is 4. The van der Waals surface area contributed by atoms with Gasteiger partial charge in [-0.1, -0.05) is 75.0 Å². The van der Waals surface area contributed by atoms with Gasteiger partial charge in [0.15, 0.2) is 0 Å². The second-order valence-electron chi connectivity index (χ2n) is 10.6. The SMILES string of the molecule is C=Cc1cccc(C(C(=O)Nc2ccc3ccccc3c2)N(C)C(=O)C(NC(=O)OC(C)(C)C)C(C)C)c1. The van der Waals surface area contributed by atoms with Crippen LogP contribution in [0.3, 0.4) is 0 Å². The topological polar surface area (TPSA) is 87.7 Å². The highest BCUT2D eigenvalue weighted by molar-refractivity contribution is 6.00. The summed E-state index contributed by atoms with van der Waals surface area (Å²) >= 11 is 0. The van der Waals surface area contributed by atoms with Crippen molar-refractivity contribution in [1.29, 1.82) is 0 Å². The Kier molecular flexibility index (Phi) is 8.94. The Morgan fingerprint density at radius 1 is 0.947 bits per heavy atom. The summed E-state index contributed by atoms with van der Waals surface area (Å²) in [7, 11) is 1.57. The second kappa shape index (κ2) is 11.9. The highest BCUT2D eigenvalue weighted by atomic mass is 16.6. The molecule has 7 heteroatoms. The predicted octanol–water partition coefficient (Wildman–Crippen LogP) is 6.17. The van der Waals surface area contributed by atoms with E-state index in [1.807, 2.05) is 74.5 Å². The molecule has 2 N–H and O–H groups in total. The third-order valence-corrected chi connectivity index (χ3v) is 6.07. The van der Waals surface area contributed by atoms with E-state index in [-0.39, 0.29) is 11.8 Å². The second-order valence-corrected chi connectivity index (χ2v) is 10.6. The van der Waals surface area contributed by atoms with Crippen LogP contribution in [-0.4, -0.2) is 41.5 Å². The monoisotopic (exact) mass is 515 g/mol. The molecule has 0 bridgehead atoms. The van der Waals surface area contributed by atoms with Crippen molar-refractivity contribution >= 4 is 40.4 Å². The van der Waals surface area contributed by atoms with Crippen molar-refractivity contribution in [2.75, 3.05) is 12.4 Å². The Balaban J connectivity index is 1.94. The fourth-order valence-corrected chi connectivity index (χ4v) is 4.18. The molecular weight excluding hydrogens is 478 g/mol. The lowest BCUT2D eigenvalue weighted by molar-refractivity contribution is -0.140. The molecule has 3 rings (SSSR count). The summed E-state index contributed by atoms with van der Waals surface area (Å²) in [5.41, 5.74) is 1.34. The Morgan fingerprint density at radius 3 is 2.26 bits per heavy atom. The number of amides is 3. The summed E-state index contributed by atoms with van der Waals surface area (Å²) in [6.07, 6.45) is 0.994. The number of hydrogen-bond donors (Lipinski definition) is 2. The Labute approximate surface area is 224 Å². The normalized spacial score (nSPS) is 12.9. The Bertz CT molecular complexity index is 1330. The van der Waals surface area contributed by atoms with Gasteiger partial charge < -0.3 is 20.3 Å². The summed E-state index contributed by atoms with van der Waals surface area (Å²) in [4.78, 5) is 41.4. The highest BCUT2D eigenvalue weighted by Crippen LogP contribution is 2.26. The molecule has 3 aromatic carbocycles. The number of benzene rings is 3. The minimum Gasteiger partial charge on any atom is -0.444 e. The summed E-state index contributed by atoms with van der Waals surface area (Å²) in [5.74, 6) is -1.04. The average molecular weight is 516 g/mol. The third kappa shape index (κ3) is 7.22. The zero-order valence-corrected chi connectivity index (χ0v) is 22.9. The number of carbonyl (C=O) groups is 3. The molecular formula is C31H37N3O4. The van der Waals surface area contributed by atoms with Gasteiger partial charge in [0.05, 0.1) is 0 Å². The fraction of sp³-hybridized carbons (Fsp3) is 0.323. The molecule has 0 aliphatic rings. The van der Waals surface area contributed by atoms with Gasteiger partial charge in [0, 0.05) is 12.7 Å². The van der Waals surface area contributed by atoms with Crippen LogP contribution in [0.5, 0.6) is 0 Å². The standard InChI is InChI=1S/C31H37N3O4/c1-8-21-12-11-15-24(18-21)27(28(35)32-25-17-16-22-13-9-10-14-23(22)19-25)34(7)29(36)26(20(2)3)33-30(37)38-31(4,5)6/h8-20,26-27H,1H2,2-7H3,(H,32,35)(H,33,37). The molecule has 0 aliphatic heterocycles. The maximum atomic E-state index is 13.8. The zero-order chi connectivity index (χ0) is 28.0. The van der Waals surface area contributed by atoms with E-state index >= 15 is 0 Å². The van der Waals surface area contributed by atoms with Gasteiger partial charge in [0.2, 0.25) is 5.91 Å². The lowest BCUT2D eigenvalue weighted by Crippen LogP contribution is -2.53. The molecule has 2 unspecified atom stereocenters. The molecule has 38 heavy (non-hydrogen) atoms. The number of likely N-dealkylation sites (N-methyl/N-ethyl adjacent to an activating group) is 1. The van der Waals surface area contributed by atoms with E-state index in [0.29, 0.717) is 11.3 Å². The molecule has 200 valence electrons. The van der Waals surface area contributed by atoms with E-state index in [9.17, 15) is 14.4 Å². The fourth-order valence-electron chi connectivity index (χ4n) is 4.18. The first kappa shape index (κ1) is 28.4. The number of rotatable bonds is 8. The molecule has 0 saturated carbocycles. The summed E-state index contributed by atoms with van der Waals surface area (Å²) in [6.45, 7) is 12.7. The van der Waals surface area contributed by atoms with Gasteiger partial charge in [-0.3, -0.25) is 9.59 Å². The summed E-state index contributed by atoms with van der Waals surface area (Å²) < 4.78 is 5.37. The van der Waals surface area contributed by atoms with Crippen LogP contribution in [0.4, 0.5) is 10.5 Å². The largest absolute Gasteiger partial charge is 0.444 e. The van der Waals surface area contributed by atoms with E-state index in [2.05, 4.69) is 17.2 Å². The lowest BCUT2D eigenvalue weighted by Gasteiger charge is -2.33. The smallest absolute Gasteiger partial charge is 0.408 e. The van der Waals surface area contributed by atoms with Crippen LogP contribution in [0.1, 0.15) is 51.8 Å². The van der Waals surface area contributed by atoms with Gasteiger partial charge in [-0.25, -0.2) is 4.79 Å². The molecule has 3 amide bonds. The highest BCUT2D eigenvalue weighted by Gasteiger charge is 2.35. The van der Waals surface area contributed by atoms with Crippen molar-refractivity contribution in [3.8, 4) is 0 Å². The van der Waals surface area contributed by atoms with Crippen molar-refractivity contribution in [3.05, 3.63) is 84.4 Å². The first-order valence-electron chi connectivity index (χ1n) is 12.7. The number of fused-ring (bicyclic) bond motifs is 1.